The number of halogens is 1. The molecular formula is C12H13BrO3. The minimum Gasteiger partial charge on any atom is -0.468 e. The highest BCUT2D eigenvalue weighted by Gasteiger charge is 2.24. The molecule has 86 valence electrons. The maximum absolute atomic E-state index is 11.4. The van der Waals surface area contributed by atoms with Gasteiger partial charge >= 0.3 is 5.97 Å². The van der Waals surface area contributed by atoms with E-state index in [1.165, 1.54) is 14.0 Å². The number of methoxy groups -OCH3 is 1. The predicted molar refractivity (Wildman–Crippen MR) is 64.0 cm³/mol. The first-order chi connectivity index (χ1) is 7.56. The normalized spacial score (nSPS) is 11.9. The summed E-state index contributed by atoms with van der Waals surface area (Å²) in [5.41, 5.74) is 0.924. The van der Waals surface area contributed by atoms with Gasteiger partial charge in [-0.1, -0.05) is 34.1 Å². The van der Waals surface area contributed by atoms with Crippen molar-refractivity contribution in [3.05, 3.63) is 34.3 Å². The fourth-order valence-corrected chi connectivity index (χ4v) is 1.87. The second-order valence-electron chi connectivity index (χ2n) is 3.48. The van der Waals surface area contributed by atoms with Crippen LogP contribution in [0.4, 0.5) is 0 Å². The Labute approximate surface area is 103 Å². The van der Waals surface area contributed by atoms with Crippen molar-refractivity contribution in [3.63, 3.8) is 0 Å². The number of carbonyl (C=O) groups is 2. The van der Waals surface area contributed by atoms with Crippen molar-refractivity contribution in [3.8, 4) is 0 Å². The average Bonchev–Trinajstić information content (AvgIpc) is 2.26. The maximum atomic E-state index is 11.4. The monoisotopic (exact) mass is 284 g/mol. The fourth-order valence-electron chi connectivity index (χ4n) is 1.42. The minimum atomic E-state index is -0.719. The molecule has 0 saturated carbocycles. The second kappa shape index (κ2) is 5.80. The van der Waals surface area contributed by atoms with Crippen molar-refractivity contribution >= 4 is 27.7 Å². The van der Waals surface area contributed by atoms with Crippen LogP contribution in [0.25, 0.3) is 0 Å². The van der Waals surface area contributed by atoms with Crippen LogP contribution in [0.2, 0.25) is 0 Å². The van der Waals surface area contributed by atoms with Gasteiger partial charge in [0.2, 0.25) is 0 Å². The number of rotatable bonds is 4. The summed E-state index contributed by atoms with van der Waals surface area (Å²) in [5, 5.41) is 0. The van der Waals surface area contributed by atoms with Crippen molar-refractivity contribution in [2.24, 2.45) is 5.92 Å². The van der Waals surface area contributed by atoms with Crippen molar-refractivity contribution in [2.75, 3.05) is 7.11 Å². The summed E-state index contributed by atoms with van der Waals surface area (Å²) in [6.07, 6.45) is 0.365. The van der Waals surface area contributed by atoms with Crippen LogP contribution < -0.4 is 0 Å². The zero-order valence-corrected chi connectivity index (χ0v) is 10.8. The van der Waals surface area contributed by atoms with E-state index in [1.54, 1.807) is 0 Å². The summed E-state index contributed by atoms with van der Waals surface area (Å²) < 4.78 is 5.50. The molecule has 1 rings (SSSR count). The van der Waals surface area contributed by atoms with Crippen LogP contribution >= 0.6 is 15.9 Å². The molecule has 1 aromatic rings. The van der Waals surface area contributed by atoms with Gasteiger partial charge in [-0.3, -0.25) is 9.59 Å². The molecule has 3 nitrogen and oxygen atoms in total. The molecule has 4 heteroatoms. The molecule has 1 unspecified atom stereocenters. The molecule has 1 aromatic carbocycles. The molecule has 0 amide bonds. The van der Waals surface area contributed by atoms with E-state index in [1.807, 2.05) is 24.3 Å². The SMILES string of the molecule is COC(=O)C(Cc1ccccc1Br)C(C)=O. The Morgan fingerprint density at radius 1 is 1.38 bits per heavy atom. The van der Waals surface area contributed by atoms with Crippen LogP contribution in [-0.2, 0) is 20.7 Å². The van der Waals surface area contributed by atoms with E-state index in [9.17, 15) is 9.59 Å². The molecule has 0 bridgehead atoms. The summed E-state index contributed by atoms with van der Waals surface area (Å²) in [6, 6.07) is 7.51. The first kappa shape index (κ1) is 12.9. The number of ketones is 1. The first-order valence-electron chi connectivity index (χ1n) is 4.88. The summed E-state index contributed by atoms with van der Waals surface area (Å²) in [6.45, 7) is 1.40. The lowest BCUT2D eigenvalue weighted by Crippen LogP contribution is -2.25. The Morgan fingerprint density at radius 3 is 2.50 bits per heavy atom. The second-order valence-corrected chi connectivity index (χ2v) is 4.34. The van der Waals surface area contributed by atoms with Crippen LogP contribution in [0.1, 0.15) is 12.5 Å². The minimum absolute atomic E-state index is 0.178. The van der Waals surface area contributed by atoms with Gasteiger partial charge in [0.05, 0.1) is 7.11 Å². The summed E-state index contributed by atoms with van der Waals surface area (Å²) in [4.78, 5) is 22.8. The Bertz CT molecular complexity index is 401. The molecule has 0 spiro atoms. The van der Waals surface area contributed by atoms with Gasteiger partial charge in [0.15, 0.2) is 0 Å². The average molecular weight is 285 g/mol. The first-order valence-corrected chi connectivity index (χ1v) is 5.67. The van der Waals surface area contributed by atoms with Crippen LogP contribution in [0, 0.1) is 5.92 Å². The Balaban J connectivity index is 2.88. The number of benzene rings is 1. The number of ether oxygens (including phenoxy) is 1. The molecule has 0 N–H and O–H groups in total. The standard InChI is InChI=1S/C12H13BrO3/c1-8(14)10(12(15)16-2)7-9-5-3-4-6-11(9)13/h3-6,10H,7H2,1-2H3. The highest BCUT2D eigenvalue weighted by atomic mass is 79.9. The van der Waals surface area contributed by atoms with Crippen LogP contribution in [-0.4, -0.2) is 18.9 Å². The Kier molecular flexibility index (Phi) is 4.68. The van der Waals surface area contributed by atoms with E-state index in [0.717, 1.165) is 10.0 Å². The third kappa shape index (κ3) is 3.17. The molecule has 0 radical (unpaired) electrons. The Morgan fingerprint density at radius 2 is 2.00 bits per heavy atom. The lowest BCUT2D eigenvalue weighted by molar-refractivity contribution is -0.148. The third-order valence-corrected chi connectivity index (χ3v) is 3.13. The molecule has 0 fully saturated rings. The van der Waals surface area contributed by atoms with Crippen LogP contribution in [0.3, 0.4) is 0 Å². The summed E-state index contributed by atoms with van der Waals surface area (Å²) in [7, 11) is 1.29. The molecule has 0 aliphatic rings. The molecule has 0 aliphatic carbocycles. The van der Waals surface area contributed by atoms with Crippen LogP contribution in [0.5, 0.6) is 0 Å². The number of carbonyl (C=O) groups excluding carboxylic acids is 2. The molecule has 1 atom stereocenters. The number of hydrogen-bond acceptors (Lipinski definition) is 3. The molecule has 0 aromatic heterocycles. The predicted octanol–water partition coefficient (Wildman–Crippen LogP) is 2.37. The quantitative estimate of drug-likeness (QED) is 0.630. The molecular weight excluding hydrogens is 272 g/mol. The summed E-state index contributed by atoms with van der Waals surface area (Å²) in [5.74, 6) is -1.38. The number of Topliss-reactive ketones (excluding diaryl/α,β-unsaturated/α-hetero) is 1. The van der Waals surface area contributed by atoms with E-state index in [2.05, 4.69) is 20.7 Å². The van der Waals surface area contributed by atoms with Gasteiger partial charge in [-0.05, 0) is 25.0 Å². The van der Waals surface area contributed by atoms with E-state index in [0.29, 0.717) is 6.42 Å². The summed E-state index contributed by atoms with van der Waals surface area (Å²) >= 11 is 3.38. The fraction of sp³-hybridized carbons (Fsp3) is 0.333. The zero-order valence-electron chi connectivity index (χ0n) is 9.20. The number of esters is 1. The van der Waals surface area contributed by atoms with E-state index < -0.39 is 11.9 Å². The van der Waals surface area contributed by atoms with E-state index in [-0.39, 0.29) is 5.78 Å². The topological polar surface area (TPSA) is 43.4 Å². The van der Waals surface area contributed by atoms with Gasteiger partial charge in [-0.15, -0.1) is 0 Å². The Hall–Kier alpha value is -1.16. The lowest BCUT2D eigenvalue weighted by atomic mass is 9.96. The van der Waals surface area contributed by atoms with Gasteiger partial charge < -0.3 is 4.74 Å². The van der Waals surface area contributed by atoms with Gasteiger partial charge in [-0.2, -0.15) is 0 Å². The largest absolute Gasteiger partial charge is 0.468 e. The van der Waals surface area contributed by atoms with Crippen LogP contribution in [0.15, 0.2) is 28.7 Å². The smallest absolute Gasteiger partial charge is 0.316 e. The highest BCUT2D eigenvalue weighted by Crippen LogP contribution is 2.20. The van der Waals surface area contributed by atoms with E-state index >= 15 is 0 Å². The van der Waals surface area contributed by atoms with Gasteiger partial charge in [0.25, 0.3) is 0 Å². The van der Waals surface area contributed by atoms with Crippen molar-refractivity contribution in [1.82, 2.24) is 0 Å². The van der Waals surface area contributed by atoms with Gasteiger partial charge in [0, 0.05) is 4.47 Å². The number of hydrogen-bond donors (Lipinski definition) is 0. The molecule has 0 saturated heterocycles. The zero-order chi connectivity index (χ0) is 12.1. The molecule has 0 aliphatic heterocycles. The van der Waals surface area contributed by atoms with Crippen molar-refractivity contribution in [2.45, 2.75) is 13.3 Å². The highest BCUT2D eigenvalue weighted by molar-refractivity contribution is 9.10. The lowest BCUT2D eigenvalue weighted by Gasteiger charge is -2.12. The molecule has 0 heterocycles. The van der Waals surface area contributed by atoms with Crippen molar-refractivity contribution < 1.29 is 14.3 Å². The van der Waals surface area contributed by atoms with Gasteiger partial charge in [-0.25, -0.2) is 0 Å². The van der Waals surface area contributed by atoms with Crippen molar-refractivity contribution in [1.29, 1.82) is 0 Å². The van der Waals surface area contributed by atoms with Gasteiger partial charge in [0.1, 0.15) is 11.7 Å². The maximum Gasteiger partial charge on any atom is 0.316 e. The third-order valence-electron chi connectivity index (χ3n) is 2.36. The molecule has 16 heavy (non-hydrogen) atoms. The van der Waals surface area contributed by atoms with E-state index in [4.69, 9.17) is 0 Å².